The maximum Gasteiger partial charge on any atom is 0.246 e. The molecule has 136 valence electrons. The molecule has 1 aliphatic rings. The van der Waals surface area contributed by atoms with Gasteiger partial charge in [0.05, 0.1) is 6.54 Å². The van der Waals surface area contributed by atoms with Crippen LogP contribution in [0.25, 0.3) is 11.4 Å². The second kappa shape index (κ2) is 9.96. The first kappa shape index (κ1) is 20.0. The van der Waals surface area contributed by atoms with Gasteiger partial charge in [0.1, 0.15) is 0 Å². The fourth-order valence-electron chi connectivity index (χ4n) is 2.87. The summed E-state index contributed by atoms with van der Waals surface area (Å²) in [7, 11) is 1.77. The zero-order chi connectivity index (χ0) is 16.8. The molecule has 6 nitrogen and oxygen atoms in total. The fraction of sp³-hybridized carbons (Fsp3) is 0.471. The Bertz CT molecular complexity index is 700. The van der Waals surface area contributed by atoms with Crippen LogP contribution in [-0.2, 0) is 6.54 Å². The van der Waals surface area contributed by atoms with Gasteiger partial charge in [-0.15, -0.1) is 24.0 Å². The molecule has 0 spiro atoms. The summed E-state index contributed by atoms with van der Waals surface area (Å²) in [4.78, 5) is 8.65. The second-order valence-corrected chi connectivity index (χ2v) is 6.36. The first-order chi connectivity index (χ1) is 11.7. The smallest absolute Gasteiger partial charge is 0.246 e. The lowest BCUT2D eigenvalue weighted by Crippen LogP contribution is -2.43. The predicted octanol–water partition coefficient (Wildman–Crippen LogP) is 4.01. The van der Waals surface area contributed by atoms with Crippen molar-refractivity contribution in [2.24, 2.45) is 4.99 Å². The molecule has 1 aromatic carbocycles. The number of hydrogen-bond donors (Lipinski definition) is 2. The molecule has 1 saturated carbocycles. The Balaban J connectivity index is 0.00000225. The van der Waals surface area contributed by atoms with E-state index in [1.54, 1.807) is 7.05 Å². The highest BCUT2D eigenvalue weighted by molar-refractivity contribution is 14.0. The third-order valence-electron chi connectivity index (χ3n) is 4.13. The minimum absolute atomic E-state index is 0. The lowest BCUT2D eigenvalue weighted by Gasteiger charge is -2.24. The average molecular weight is 476 g/mol. The van der Waals surface area contributed by atoms with Crippen molar-refractivity contribution in [2.75, 3.05) is 7.05 Å². The van der Waals surface area contributed by atoms with Crippen molar-refractivity contribution in [1.82, 2.24) is 20.8 Å². The topological polar surface area (TPSA) is 75.3 Å². The van der Waals surface area contributed by atoms with E-state index < -0.39 is 0 Å². The Morgan fingerprint density at radius 1 is 1.32 bits per heavy atom. The molecule has 0 amide bonds. The van der Waals surface area contributed by atoms with E-state index in [-0.39, 0.29) is 24.0 Å². The fourth-order valence-corrected chi connectivity index (χ4v) is 3.06. The summed E-state index contributed by atoms with van der Waals surface area (Å²) in [6.07, 6.45) is 6.28. The molecule has 0 atom stereocenters. The van der Waals surface area contributed by atoms with Crippen molar-refractivity contribution in [3.63, 3.8) is 0 Å². The van der Waals surface area contributed by atoms with Gasteiger partial charge < -0.3 is 15.2 Å². The molecule has 2 aromatic rings. The van der Waals surface area contributed by atoms with E-state index in [9.17, 15) is 0 Å². The van der Waals surface area contributed by atoms with Crippen molar-refractivity contribution < 1.29 is 4.52 Å². The predicted molar refractivity (Wildman–Crippen MR) is 110 cm³/mol. The van der Waals surface area contributed by atoms with E-state index in [0.29, 0.717) is 29.3 Å². The van der Waals surface area contributed by atoms with Gasteiger partial charge in [-0.3, -0.25) is 4.99 Å². The molecule has 1 aromatic heterocycles. The Kier molecular flexibility index (Phi) is 7.95. The van der Waals surface area contributed by atoms with E-state index >= 15 is 0 Å². The third-order valence-corrected chi connectivity index (χ3v) is 4.36. The van der Waals surface area contributed by atoms with Gasteiger partial charge in [0, 0.05) is 23.7 Å². The van der Waals surface area contributed by atoms with Crippen LogP contribution in [0.4, 0.5) is 0 Å². The van der Waals surface area contributed by atoms with Crippen LogP contribution in [0.1, 0.15) is 38.0 Å². The van der Waals surface area contributed by atoms with E-state index in [1.807, 2.05) is 24.3 Å². The number of rotatable bonds is 4. The zero-order valence-corrected chi connectivity index (χ0v) is 17.3. The number of aliphatic imine (C=N–C) groups is 1. The Morgan fingerprint density at radius 3 is 2.84 bits per heavy atom. The number of aromatic nitrogens is 2. The largest absolute Gasteiger partial charge is 0.354 e. The van der Waals surface area contributed by atoms with Crippen LogP contribution >= 0.6 is 35.6 Å². The van der Waals surface area contributed by atoms with Crippen molar-refractivity contribution in [3.05, 3.63) is 35.2 Å². The Hall–Kier alpha value is -1.35. The lowest BCUT2D eigenvalue weighted by atomic mass is 9.96. The quantitative estimate of drug-likeness (QED) is 0.397. The standard InChI is InChI=1S/C17H22ClN5O.HI/c1-19-17(21-14-8-3-2-4-9-14)20-11-15-22-16(23-24-15)12-6-5-7-13(18)10-12;/h5-7,10,14H,2-4,8-9,11H2,1H3,(H2,19,20,21);1H. The molecule has 0 bridgehead atoms. The van der Waals surface area contributed by atoms with Crippen molar-refractivity contribution in [1.29, 1.82) is 0 Å². The van der Waals surface area contributed by atoms with Gasteiger partial charge in [0.15, 0.2) is 5.96 Å². The maximum absolute atomic E-state index is 5.99. The molecule has 1 heterocycles. The van der Waals surface area contributed by atoms with Crippen LogP contribution in [-0.4, -0.2) is 29.2 Å². The summed E-state index contributed by atoms with van der Waals surface area (Å²) in [6.45, 7) is 0.431. The van der Waals surface area contributed by atoms with Crippen molar-refractivity contribution >= 4 is 41.5 Å². The normalized spacial score (nSPS) is 15.5. The first-order valence-corrected chi connectivity index (χ1v) is 8.68. The second-order valence-electron chi connectivity index (χ2n) is 5.93. The van der Waals surface area contributed by atoms with Crippen molar-refractivity contribution in [2.45, 2.75) is 44.7 Å². The molecular weight excluding hydrogens is 453 g/mol. The molecule has 0 unspecified atom stereocenters. The number of nitrogens with one attached hydrogen (secondary N) is 2. The van der Waals surface area contributed by atoms with Gasteiger partial charge in [-0.1, -0.05) is 48.2 Å². The van der Waals surface area contributed by atoms with Crippen LogP contribution in [0.5, 0.6) is 0 Å². The number of guanidine groups is 1. The van der Waals surface area contributed by atoms with E-state index in [4.69, 9.17) is 16.1 Å². The maximum atomic E-state index is 5.99. The molecule has 1 fully saturated rings. The van der Waals surface area contributed by atoms with Gasteiger partial charge >= 0.3 is 0 Å². The first-order valence-electron chi connectivity index (χ1n) is 8.30. The van der Waals surface area contributed by atoms with Crippen LogP contribution < -0.4 is 10.6 Å². The Morgan fingerprint density at radius 2 is 2.12 bits per heavy atom. The van der Waals surface area contributed by atoms with E-state index in [0.717, 1.165) is 11.5 Å². The lowest BCUT2D eigenvalue weighted by molar-refractivity contribution is 0.373. The van der Waals surface area contributed by atoms with E-state index in [1.165, 1.54) is 32.1 Å². The minimum Gasteiger partial charge on any atom is -0.354 e. The number of benzene rings is 1. The Labute approximate surface area is 169 Å². The molecule has 2 N–H and O–H groups in total. The molecule has 3 rings (SSSR count). The molecule has 0 radical (unpaired) electrons. The van der Waals surface area contributed by atoms with Crippen LogP contribution in [0.15, 0.2) is 33.8 Å². The summed E-state index contributed by atoms with van der Waals surface area (Å²) in [5, 5.41) is 11.3. The molecule has 8 heteroatoms. The van der Waals surface area contributed by atoms with Gasteiger partial charge in [-0.2, -0.15) is 4.98 Å². The number of nitrogens with zero attached hydrogens (tertiary/aromatic N) is 3. The van der Waals surface area contributed by atoms with Crippen LogP contribution in [0, 0.1) is 0 Å². The minimum atomic E-state index is 0. The summed E-state index contributed by atoms with van der Waals surface area (Å²) in [5.41, 5.74) is 0.835. The molecule has 0 aliphatic heterocycles. The molecule has 25 heavy (non-hydrogen) atoms. The van der Waals surface area contributed by atoms with Gasteiger partial charge in [0.25, 0.3) is 0 Å². The number of halogens is 2. The van der Waals surface area contributed by atoms with Crippen LogP contribution in [0.3, 0.4) is 0 Å². The zero-order valence-electron chi connectivity index (χ0n) is 14.2. The summed E-state index contributed by atoms with van der Waals surface area (Å²) < 4.78 is 5.29. The summed E-state index contributed by atoms with van der Waals surface area (Å²) in [5.74, 6) is 1.81. The summed E-state index contributed by atoms with van der Waals surface area (Å²) in [6, 6.07) is 7.89. The van der Waals surface area contributed by atoms with Crippen molar-refractivity contribution in [3.8, 4) is 11.4 Å². The van der Waals surface area contributed by atoms with Gasteiger partial charge in [0.2, 0.25) is 11.7 Å². The SMILES string of the molecule is CN=C(NCc1nc(-c2cccc(Cl)c2)no1)NC1CCCCC1.I. The average Bonchev–Trinajstić information content (AvgIpc) is 3.08. The van der Waals surface area contributed by atoms with Gasteiger partial charge in [-0.25, -0.2) is 0 Å². The van der Waals surface area contributed by atoms with Gasteiger partial charge in [-0.05, 0) is 25.0 Å². The molecule has 0 saturated heterocycles. The monoisotopic (exact) mass is 475 g/mol. The molecule has 1 aliphatic carbocycles. The molecular formula is C17H23ClIN5O. The summed E-state index contributed by atoms with van der Waals surface area (Å²) >= 11 is 5.99. The number of hydrogen-bond acceptors (Lipinski definition) is 4. The third kappa shape index (κ3) is 5.85. The van der Waals surface area contributed by atoms with E-state index in [2.05, 4.69) is 25.8 Å². The highest BCUT2D eigenvalue weighted by Gasteiger charge is 2.15. The highest BCUT2D eigenvalue weighted by Crippen LogP contribution is 2.20. The highest BCUT2D eigenvalue weighted by atomic mass is 127. The van der Waals surface area contributed by atoms with Crippen LogP contribution in [0.2, 0.25) is 5.02 Å².